The van der Waals surface area contributed by atoms with E-state index < -0.39 is 24.5 Å². The van der Waals surface area contributed by atoms with Gasteiger partial charge in [-0.3, -0.25) is 4.79 Å². The first-order valence-corrected chi connectivity index (χ1v) is 9.78. The van der Waals surface area contributed by atoms with Crippen molar-refractivity contribution in [3.63, 3.8) is 0 Å². The number of phenols is 2. The Bertz CT molecular complexity index is 1080. The second kappa shape index (κ2) is 8.39. The zero-order chi connectivity index (χ0) is 22.0. The molecule has 7 nitrogen and oxygen atoms in total. The monoisotopic (exact) mass is 419 g/mol. The summed E-state index contributed by atoms with van der Waals surface area (Å²) in [4.78, 5) is 23.8. The summed E-state index contributed by atoms with van der Waals surface area (Å²) in [5.41, 5.74) is 4.60. The van der Waals surface area contributed by atoms with Crippen LogP contribution >= 0.6 is 0 Å². The lowest BCUT2D eigenvalue weighted by molar-refractivity contribution is -0.137. The molecule has 1 atom stereocenters. The van der Waals surface area contributed by atoms with Gasteiger partial charge in [0.25, 0.3) is 0 Å². The molecular weight excluding hydrogens is 398 g/mol. The van der Waals surface area contributed by atoms with Crippen molar-refractivity contribution >= 4 is 12.1 Å². The summed E-state index contributed by atoms with van der Waals surface area (Å²) in [5, 5.41) is 31.1. The summed E-state index contributed by atoms with van der Waals surface area (Å²) in [6.07, 6.45) is -1.22. The number of amides is 1. The van der Waals surface area contributed by atoms with Crippen molar-refractivity contribution < 1.29 is 29.6 Å². The number of rotatable bonds is 6. The van der Waals surface area contributed by atoms with Gasteiger partial charge in [-0.25, -0.2) is 4.79 Å². The second-order valence-electron chi connectivity index (χ2n) is 7.40. The zero-order valence-electron chi connectivity index (χ0n) is 16.5. The first kappa shape index (κ1) is 20.3. The summed E-state index contributed by atoms with van der Waals surface area (Å²) in [5.74, 6) is -1.74. The molecule has 0 radical (unpaired) electrons. The molecule has 0 spiro atoms. The summed E-state index contributed by atoms with van der Waals surface area (Å²) in [6.45, 7) is 0.0882. The van der Waals surface area contributed by atoms with Crippen molar-refractivity contribution in [2.75, 3.05) is 6.61 Å². The Balaban J connectivity index is 1.49. The second-order valence-corrected chi connectivity index (χ2v) is 7.40. The summed E-state index contributed by atoms with van der Waals surface area (Å²) < 4.78 is 5.47. The van der Waals surface area contributed by atoms with E-state index in [1.165, 1.54) is 12.1 Å². The Hall–Kier alpha value is -4.00. The number of aliphatic carboxylic acids is 1. The molecule has 1 aliphatic carbocycles. The molecule has 0 heterocycles. The molecule has 158 valence electrons. The minimum Gasteiger partial charge on any atom is -0.508 e. The normalized spacial score (nSPS) is 13.2. The third-order valence-electron chi connectivity index (χ3n) is 5.34. The zero-order valence-corrected chi connectivity index (χ0v) is 16.5. The van der Waals surface area contributed by atoms with E-state index in [0.717, 1.165) is 28.3 Å². The molecular formula is C24H21NO6. The average Bonchev–Trinajstić information content (AvgIpc) is 3.05. The number of carboxylic acids is 1. The molecule has 0 saturated heterocycles. The van der Waals surface area contributed by atoms with E-state index in [9.17, 15) is 24.9 Å². The number of fused-ring (bicyclic) bond motifs is 3. The van der Waals surface area contributed by atoms with Crippen molar-refractivity contribution in [1.82, 2.24) is 5.32 Å². The van der Waals surface area contributed by atoms with Crippen LogP contribution in [0, 0.1) is 0 Å². The molecule has 1 unspecified atom stereocenters. The number of ether oxygens (including phenoxy) is 1. The molecule has 31 heavy (non-hydrogen) atoms. The van der Waals surface area contributed by atoms with Crippen molar-refractivity contribution in [3.8, 4) is 22.6 Å². The predicted octanol–water partition coefficient (Wildman–Crippen LogP) is 4.15. The highest BCUT2D eigenvalue weighted by Crippen LogP contribution is 2.44. The lowest BCUT2D eigenvalue weighted by atomic mass is 9.98. The van der Waals surface area contributed by atoms with Gasteiger partial charge in [0.15, 0.2) is 0 Å². The van der Waals surface area contributed by atoms with Crippen LogP contribution in [-0.4, -0.2) is 34.0 Å². The lowest BCUT2D eigenvalue weighted by Crippen LogP contribution is -2.31. The highest BCUT2D eigenvalue weighted by Gasteiger charge is 2.29. The van der Waals surface area contributed by atoms with Crippen LogP contribution in [0.2, 0.25) is 0 Å². The number of hydrogen-bond acceptors (Lipinski definition) is 5. The number of carbonyl (C=O) groups is 2. The van der Waals surface area contributed by atoms with Crippen LogP contribution in [-0.2, 0) is 9.53 Å². The van der Waals surface area contributed by atoms with E-state index in [1.807, 2.05) is 48.5 Å². The Kier molecular flexibility index (Phi) is 5.49. The highest BCUT2D eigenvalue weighted by atomic mass is 16.5. The third-order valence-corrected chi connectivity index (χ3v) is 5.34. The molecule has 0 fully saturated rings. The molecule has 7 heteroatoms. The summed E-state index contributed by atoms with van der Waals surface area (Å²) in [6, 6.07) is 18.6. The number of hydrogen-bond donors (Lipinski definition) is 4. The first-order valence-electron chi connectivity index (χ1n) is 9.78. The van der Waals surface area contributed by atoms with Crippen molar-refractivity contribution in [3.05, 3.63) is 83.4 Å². The van der Waals surface area contributed by atoms with Crippen LogP contribution in [0.15, 0.2) is 66.7 Å². The number of carboxylic acid groups (broad SMARTS) is 1. The minimum atomic E-state index is -1.15. The number of benzene rings is 3. The fraction of sp³-hybridized carbons (Fsp3) is 0.167. The van der Waals surface area contributed by atoms with Gasteiger partial charge in [0.1, 0.15) is 18.1 Å². The van der Waals surface area contributed by atoms with Crippen LogP contribution in [0.25, 0.3) is 11.1 Å². The maximum absolute atomic E-state index is 12.5. The van der Waals surface area contributed by atoms with Gasteiger partial charge in [0.05, 0.1) is 12.5 Å². The van der Waals surface area contributed by atoms with E-state index in [2.05, 4.69) is 5.32 Å². The van der Waals surface area contributed by atoms with Crippen LogP contribution < -0.4 is 5.32 Å². The molecule has 3 aromatic carbocycles. The van der Waals surface area contributed by atoms with Gasteiger partial charge in [-0.05, 0) is 39.9 Å². The molecule has 1 aliphatic rings. The fourth-order valence-electron chi connectivity index (χ4n) is 4.03. The standard InChI is InChI=1S/C24H21NO6/c26-15-9-14(10-16(27)11-15)22(12-23(28)29)25-24(30)31-13-21-19-7-3-1-5-17(19)18-6-2-4-8-20(18)21/h1-11,21-22,26-27H,12-13H2,(H,25,30)(H,28,29). The van der Waals surface area contributed by atoms with Gasteiger partial charge in [0.2, 0.25) is 0 Å². The third kappa shape index (κ3) is 4.30. The van der Waals surface area contributed by atoms with Gasteiger partial charge in [0, 0.05) is 12.0 Å². The van der Waals surface area contributed by atoms with Gasteiger partial charge >= 0.3 is 12.1 Å². The molecule has 0 bridgehead atoms. The van der Waals surface area contributed by atoms with Crippen molar-refractivity contribution in [2.45, 2.75) is 18.4 Å². The minimum absolute atomic E-state index is 0.0882. The van der Waals surface area contributed by atoms with Crippen LogP contribution in [0.4, 0.5) is 4.79 Å². The van der Waals surface area contributed by atoms with E-state index >= 15 is 0 Å². The average molecular weight is 419 g/mol. The maximum Gasteiger partial charge on any atom is 0.407 e. The quantitative estimate of drug-likeness (QED) is 0.477. The maximum atomic E-state index is 12.5. The largest absolute Gasteiger partial charge is 0.508 e. The lowest BCUT2D eigenvalue weighted by Gasteiger charge is -2.19. The van der Waals surface area contributed by atoms with Crippen molar-refractivity contribution in [2.24, 2.45) is 0 Å². The van der Waals surface area contributed by atoms with Crippen LogP contribution in [0.5, 0.6) is 11.5 Å². The number of carbonyl (C=O) groups excluding carboxylic acids is 1. The smallest absolute Gasteiger partial charge is 0.407 e. The van der Waals surface area contributed by atoms with Gasteiger partial charge in [-0.1, -0.05) is 48.5 Å². The Morgan fingerprint density at radius 3 is 2.00 bits per heavy atom. The Morgan fingerprint density at radius 1 is 0.903 bits per heavy atom. The van der Waals surface area contributed by atoms with E-state index in [-0.39, 0.29) is 29.6 Å². The molecule has 4 rings (SSSR count). The predicted molar refractivity (Wildman–Crippen MR) is 113 cm³/mol. The summed E-state index contributed by atoms with van der Waals surface area (Å²) >= 11 is 0. The molecule has 3 aromatic rings. The van der Waals surface area contributed by atoms with Gasteiger partial charge < -0.3 is 25.4 Å². The van der Waals surface area contributed by atoms with E-state index in [0.29, 0.717) is 0 Å². The fourth-order valence-corrected chi connectivity index (χ4v) is 4.03. The number of phenolic OH excluding ortho intramolecular Hbond substituents is 2. The number of aromatic hydroxyl groups is 2. The topological polar surface area (TPSA) is 116 Å². The van der Waals surface area contributed by atoms with Crippen LogP contribution in [0.1, 0.15) is 35.1 Å². The molecule has 0 saturated carbocycles. The Morgan fingerprint density at radius 2 is 1.45 bits per heavy atom. The SMILES string of the molecule is O=C(O)CC(NC(=O)OCC1c2ccccc2-c2ccccc21)c1cc(O)cc(O)c1. The van der Waals surface area contributed by atoms with Crippen molar-refractivity contribution in [1.29, 1.82) is 0 Å². The van der Waals surface area contributed by atoms with Crippen LogP contribution in [0.3, 0.4) is 0 Å². The molecule has 4 N–H and O–H groups in total. The van der Waals surface area contributed by atoms with Gasteiger partial charge in [-0.2, -0.15) is 0 Å². The molecule has 0 aliphatic heterocycles. The molecule has 0 aromatic heterocycles. The summed E-state index contributed by atoms with van der Waals surface area (Å²) in [7, 11) is 0. The first-order chi connectivity index (χ1) is 14.9. The number of nitrogens with one attached hydrogen (secondary N) is 1. The van der Waals surface area contributed by atoms with E-state index in [1.54, 1.807) is 0 Å². The highest BCUT2D eigenvalue weighted by molar-refractivity contribution is 5.79. The Labute approximate surface area is 178 Å². The molecule has 1 amide bonds. The van der Waals surface area contributed by atoms with Gasteiger partial charge in [-0.15, -0.1) is 0 Å². The number of alkyl carbamates (subject to hydrolysis) is 1. The van der Waals surface area contributed by atoms with E-state index in [4.69, 9.17) is 4.74 Å².